The highest BCUT2D eigenvalue weighted by Crippen LogP contribution is 2.65. The Kier molecular flexibility index (Phi) is 5.10. The van der Waals surface area contributed by atoms with E-state index in [9.17, 15) is 14.0 Å². The number of imidazole rings is 1. The number of amides is 2. The molecule has 3 fully saturated rings. The quantitative estimate of drug-likeness (QED) is 0.693. The number of hydrogen-bond acceptors (Lipinski definition) is 4. The number of aromatic amines is 1. The Bertz CT molecular complexity index is 1190. The summed E-state index contributed by atoms with van der Waals surface area (Å²) >= 11 is 0. The average Bonchev–Trinajstić information content (AvgIpc) is 3.41. The van der Waals surface area contributed by atoms with Gasteiger partial charge in [-0.1, -0.05) is 13.8 Å². The first-order valence-electron chi connectivity index (χ1n) is 12.9. The highest BCUT2D eigenvalue weighted by molar-refractivity contribution is 5.92. The first kappa shape index (κ1) is 22.7. The molecule has 6 rings (SSSR count). The Morgan fingerprint density at radius 3 is 2.86 bits per heavy atom. The van der Waals surface area contributed by atoms with Crippen LogP contribution in [-0.4, -0.2) is 44.8 Å². The number of carbonyl (C=O) groups excluding carboxylic acids is 2. The van der Waals surface area contributed by atoms with Gasteiger partial charge in [0.1, 0.15) is 5.82 Å². The Balaban J connectivity index is 1.19. The standard InChI is InChI=1S/C27H34FN5O2/c1-26-11-10-17-15(6-9-21-27(17,2)13-19(28)25(35)33(21)3)16(26)7-8-18(26)24(34)30-14-22-31-20-5-4-12-29-23(20)32-22/h4-5,12-13,15-18,21H,6-11,14H2,1-3H3,(H,30,34)(H,29,31,32)/t15-,16-,17?,18?,21+,26-,27+/m0/s1. The van der Waals surface area contributed by atoms with Gasteiger partial charge in [0.25, 0.3) is 5.91 Å². The maximum atomic E-state index is 14.6. The molecule has 3 heterocycles. The summed E-state index contributed by atoms with van der Waals surface area (Å²) in [5, 5.41) is 3.14. The maximum Gasteiger partial charge on any atom is 0.282 e. The molecule has 0 radical (unpaired) electrons. The van der Waals surface area contributed by atoms with Crippen LogP contribution in [0.25, 0.3) is 11.2 Å². The number of nitrogens with zero attached hydrogens (tertiary/aromatic N) is 3. The van der Waals surface area contributed by atoms with Crippen LogP contribution in [0.3, 0.4) is 0 Å². The summed E-state index contributed by atoms with van der Waals surface area (Å²) in [6.07, 6.45) is 9.14. The third kappa shape index (κ3) is 3.28. The predicted octanol–water partition coefficient (Wildman–Crippen LogP) is 4.13. The number of H-pyrrole nitrogens is 1. The van der Waals surface area contributed by atoms with Crippen LogP contribution < -0.4 is 5.32 Å². The molecule has 186 valence electrons. The normalized spacial score (nSPS) is 38.5. The monoisotopic (exact) mass is 479 g/mol. The highest BCUT2D eigenvalue weighted by atomic mass is 19.1. The minimum atomic E-state index is -0.607. The fourth-order valence-corrected chi connectivity index (χ4v) is 8.53. The lowest BCUT2D eigenvalue weighted by Crippen LogP contribution is -2.60. The zero-order valence-electron chi connectivity index (χ0n) is 20.7. The molecule has 4 aliphatic rings. The molecule has 2 aromatic rings. The second-order valence-corrected chi connectivity index (χ2v) is 11.7. The summed E-state index contributed by atoms with van der Waals surface area (Å²) < 4.78 is 14.6. The number of rotatable bonds is 3. The molecule has 0 bridgehead atoms. The Morgan fingerprint density at radius 1 is 1.23 bits per heavy atom. The van der Waals surface area contributed by atoms with E-state index in [1.54, 1.807) is 24.2 Å². The van der Waals surface area contributed by atoms with Crippen LogP contribution in [0.15, 0.2) is 30.2 Å². The fraction of sp³-hybridized carbons (Fsp3) is 0.630. The van der Waals surface area contributed by atoms with Crippen LogP contribution in [-0.2, 0) is 16.1 Å². The van der Waals surface area contributed by atoms with Gasteiger partial charge in [0, 0.05) is 30.6 Å². The van der Waals surface area contributed by atoms with Crippen molar-refractivity contribution >= 4 is 23.0 Å². The summed E-state index contributed by atoms with van der Waals surface area (Å²) in [6.45, 7) is 4.82. The molecule has 2 unspecified atom stereocenters. The molecule has 0 saturated heterocycles. The van der Waals surface area contributed by atoms with E-state index in [1.807, 2.05) is 12.1 Å². The lowest BCUT2D eigenvalue weighted by molar-refractivity contribution is -0.145. The second kappa shape index (κ2) is 7.87. The number of likely N-dealkylation sites (N-methyl/N-ethyl adjacent to an activating group) is 1. The van der Waals surface area contributed by atoms with Gasteiger partial charge < -0.3 is 15.2 Å². The van der Waals surface area contributed by atoms with E-state index in [-0.39, 0.29) is 28.7 Å². The SMILES string of the molecule is CN1C(=O)C(F)=C[C@]2(C)C3CC[C@]4(C)C(C(=O)NCc5nc6ncccc6[nH]5)CC[C@H]4[C@@H]3CC[C@@H]12. The predicted molar refractivity (Wildman–Crippen MR) is 129 cm³/mol. The molecule has 7 atom stereocenters. The minimum absolute atomic E-state index is 0.0237. The van der Waals surface area contributed by atoms with Crippen LogP contribution >= 0.6 is 0 Å². The number of carbonyl (C=O) groups is 2. The van der Waals surface area contributed by atoms with Crippen molar-refractivity contribution in [2.45, 2.75) is 65.0 Å². The van der Waals surface area contributed by atoms with Crippen LogP contribution in [0.4, 0.5) is 4.39 Å². The molecule has 0 aromatic carbocycles. The maximum absolute atomic E-state index is 14.6. The fourth-order valence-electron chi connectivity index (χ4n) is 8.53. The van der Waals surface area contributed by atoms with Gasteiger partial charge in [-0.25, -0.2) is 14.4 Å². The zero-order chi connectivity index (χ0) is 24.5. The first-order valence-corrected chi connectivity index (χ1v) is 12.9. The van der Waals surface area contributed by atoms with Crippen molar-refractivity contribution in [3.05, 3.63) is 36.1 Å². The highest BCUT2D eigenvalue weighted by Gasteiger charge is 2.62. The van der Waals surface area contributed by atoms with Crippen LogP contribution in [0.1, 0.15) is 58.2 Å². The molecule has 2 aromatic heterocycles. The summed E-state index contributed by atoms with van der Waals surface area (Å²) in [6, 6.07) is 3.84. The van der Waals surface area contributed by atoms with Crippen molar-refractivity contribution < 1.29 is 14.0 Å². The smallest absolute Gasteiger partial charge is 0.282 e. The number of pyridine rings is 1. The Labute approximate surface area is 205 Å². The Morgan fingerprint density at radius 2 is 2.06 bits per heavy atom. The average molecular weight is 480 g/mol. The summed E-state index contributed by atoms with van der Waals surface area (Å²) in [7, 11) is 1.75. The molecule has 0 spiro atoms. The van der Waals surface area contributed by atoms with Crippen molar-refractivity contribution in [3.63, 3.8) is 0 Å². The molecule has 3 aliphatic carbocycles. The molecule has 3 saturated carbocycles. The Hall–Kier alpha value is -2.77. The van der Waals surface area contributed by atoms with Gasteiger partial charge in [0.2, 0.25) is 5.91 Å². The molecular formula is C27H34FN5O2. The molecule has 35 heavy (non-hydrogen) atoms. The van der Waals surface area contributed by atoms with E-state index < -0.39 is 11.7 Å². The van der Waals surface area contributed by atoms with Crippen molar-refractivity contribution in [2.75, 3.05) is 7.05 Å². The number of hydrogen-bond donors (Lipinski definition) is 2. The summed E-state index contributed by atoms with van der Waals surface area (Å²) in [4.78, 5) is 39.3. The topological polar surface area (TPSA) is 91.0 Å². The van der Waals surface area contributed by atoms with Gasteiger partial charge in [-0.3, -0.25) is 9.59 Å². The lowest BCUT2D eigenvalue weighted by atomic mass is 9.47. The number of halogens is 1. The van der Waals surface area contributed by atoms with Crippen LogP contribution in [0.2, 0.25) is 0 Å². The van der Waals surface area contributed by atoms with Gasteiger partial charge >= 0.3 is 0 Å². The molecule has 7 nitrogen and oxygen atoms in total. The van der Waals surface area contributed by atoms with Crippen molar-refractivity contribution in [3.8, 4) is 0 Å². The zero-order valence-corrected chi connectivity index (χ0v) is 20.7. The van der Waals surface area contributed by atoms with E-state index in [2.05, 4.69) is 34.1 Å². The summed E-state index contributed by atoms with van der Waals surface area (Å²) in [5.74, 6) is 0.954. The van der Waals surface area contributed by atoms with E-state index in [4.69, 9.17) is 0 Å². The lowest BCUT2D eigenvalue weighted by Gasteiger charge is -2.60. The third-order valence-corrected chi connectivity index (χ3v) is 10.2. The second-order valence-electron chi connectivity index (χ2n) is 11.7. The van der Waals surface area contributed by atoms with Crippen LogP contribution in [0, 0.1) is 34.5 Å². The van der Waals surface area contributed by atoms with E-state index in [0.717, 1.165) is 44.0 Å². The van der Waals surface area contributed by atoms with Gasteiger partial charge in [0.15, 0.2) is 11.5 Å². The largest absolute Gasteiger partial charge is 0.349 e. The first-order chi connectivity index (χ1) is 16.7. The number of fused-ring (bicyclic) bond motifs is 6. The van der Waals surface area contributed by atoms with Crippen LogP contribution in [0.5, 0.6) is 0 Å². The molecule has 2 N–H and O–H groups in total. The third-order valence-electron chi connectivity index (χ3n) is 10.2. The van der Waals surface area contributed by atoms with Gasteiger partial charge in [-0.15, -0.1) is 0 Å². The summed E-state index contributed by atoms with van der Waals surface area (Å²) in [5.41, 5.74) is 1.13. The van der Waals surface area contributed by atoms with Gasteiger partial charge in [0.05, 0.1) is 12.1 Å². The minimum Gasteiger partial charge on any atom is -0.349 e. The molecule has 1 aliphatic heterocycles. The number of nitrogens with one attached hydrogen (secondary N) is 2. The number of aromatic nitrogens is 3. The van der Waals surface area contributed by atoms with Crippen molar-refractivity contribution in [2.24, 2.45) is 34.5 Å². The van der Waals surface area contributed by atoms with Crippen molar-refractivity contribution in [1.82, 2.24) is 25.2 Å². The van der Waals surface area contributed by atoms with E-state index in [1.165, 1.54) is 0 Å². The molecule has 8 heteroatoms. The van der Waals surface area contributed by atoms with Crippen molar-refractivity contribution in [1.29, 1.82) is 0 Å². The van der Waals surface area contributed by atoms with E-state index >= 15 is 0 Å². The van der Waals surface area contributed by atoms with Gasteiger partial charge in [-0.2, -0.15) is 0 Å². The molecular weight excluding hydrogens is 445 g/mol. The van der Waals surface area contributed by atoms with Gasteiger partial charge in [-0.05, 0) is 79.9 Å². The van der Waals surface area contributed by atoms with E-state index in [0.29, 0.717) is 35.8 Å². The molecule has 2 amide bonds.